The molecule has 0 aliphatic carbocycles. The SMILES string of the molecule is CC(C)NC(=O)c1ccccc1NC(=O)Cn1c(=O)oc2cc([N+](=O)[O-])ccc21. The van der Waals surface area contributed by atoms with E-state index in [9.17, 15) is 24.5 Å². The molecule has 1 heterocycles. The van der Waals surface area contributed by atoms with Gasteiger partial charge in [0.05, 0.1) is 27.8 Å². The predicted octanol–water partition coefficient (Wildman–Crippen LogP) is 2.28. The van der Waals surface area contributed by atoms with Crippen molar-refractivity contribution in [2.45, 2.75) is 26.4 Å². The number of amides is 2. The molecule has 10 heteroatoms. The van der Waals surface area contributed by atoms with Gasteiger partial charge >= 0.3 is 5.76 Å². The molecular formula is C19H18N4O6. The van der Waals surface area contributed by atoms with Crippen molar-refractivity contribution in [3.8, 4) is 0 Å². The van der Waals surface area contributed by atoms with Crippen LogP contribution in [-0.4, -0.2) is 27.3 Å². The molecule has 0 spiro atoms. The molecule has 0 unspecified atom stereocenters. The van der Waals surface area contributed by atoms with Crippen molar-refractivity contribution in [3.63, 3.8) is 0 Å². The van der Waals surface area contributed by atoms with E-state index in [1.165, 1.54) is 12.1 Å². The topological polar surface area (TPSA) is 136 Å². The smallest absolute Gasteiger partial charge is 0.407 e. The van der Waals surface area contributed by atoms with Crippen LogP contribution in [0.5, 0.6) is 0 Å². The molecule has 0 aliphatic heterocycles. The second-order valence-corrected chi connectivity index (χ2v) is 6.59. The molecule has 150 valence electrons. The molecule has 0 fully saturated rings. The Bertz CT molecular complexity index is 1160. The molecular weight excluding hydrogens is 380 g/mol. The van der Waals surface area contributed by atoms with Gasteiger partial charge in [-0.05, 0) is 32.0 Å². The Balaban J connectivity index is 1.84. The van der Waals surface area contributed by atoms with Gasteiger partial charge in [-0.1, -0.05) is 12.1 Å². The lowest BCUT2D eigenvalue weighted by Crippen LogP contribution is -2.31. The van der Waals surface area contributed by atoms with E-state index in [0.717, 1.165) is 10.6 Å². The zero-order valence-electron chi connectivity index (χ0n) is 15.7. The number of hydrogen-bond acceptors (Lipinski definition) is 6. The number of rotatable bonds is 6. The molecule has 1 aromatic heterocycles. The molecule has 10 nitrogen and oxygen atoms in total. The number of carbonyl (C=O) groups excluding carboxylic acids is 2. The maximum atomic E-state index is 12.5. The fraction of sp³-hybridized carbons (Fsp3) is 0.211. The number of nitro benzene ring substituents is 1. The minimum Gasteiger partial charge on any atom is -0.407 e. The number of aromatic nitrogens is 1. The third-order valence-electron chi connectivity index (χ3n) is 4.03. The number of non-ortho nitro benzene ring substituents is 1. The Hall–Kier alpha value is -3.95. The average Bonchev–Trinajstić information content (AvgIpc) is 2.96. The van der Waals surface area contributed by atoms with Crippen molar-refractivity contribution >= 4 is 34.3 Å². The van der Waals surface area contributed by atoms with Crippen LogP contribution in [0.1, 0.15) is 24.2 Å². The Morgan fingerprint density at radius 1 is 1.21 bits per heavy atom. The number of nitrogens with one attached hydrogen (secondary N) is 2. The van der Waals surface area contributed by atoms with Gasteiger partial charge in [-0.2, -0.15) is 0 Å². The normalized spacial score (nSPS) is 10.9. The highest BCUT2D eigenvalue weighted by atomic mass is 16.6. The second-order valence-electron chi connectivity index (χ2n) is 6.59. The van der Waals surface area contributed by atoms with Crippen LogP contribution in [0.2, 0.25) is 0 Å². The Morgan fingerprint density at radius 3 is 2.62 bits per heavy atom. The summed E-state index contributed by atoms with van der Waals surface area (Å²) in [6.07, 6.45) is 0. The van der Waals surface area contributed by atoms with Crippen LogP contribution in [0.25, 0.3) is 11.1 Å². The molecule has 0 atom stereocenters. The quantitative estimate of drug-likeness (QED) is 0.483. The minimum atomic E-state index is -0.818. The predicted molar refractivity (Wildman–Crippen MR) is 105 cm³/mol. The van der Waals surface area contributed by atoms with Gasteiger partial charge in [0, 0.05) is 12.1 Å². The summed E-state index contributed by atoms with van der Waals surface area (Å²) < 4.78 is 6.07. The molecule has 2 amide bonds. The van der Waals surface area contributed by atoms with Gasteiger partial charge in [0.2, 0.25) is 5.91 Å². The van der Waals surface area contributed by atoms with Gasteiger partial charge in [0.15, 0.2) is 5.58 Å². The number of para-hydroxylation sites is 1. The van der Waals surface area contributed by atoms with Crippen LogP contribution in [-0.2, 0) is 11.3 Å². The van der Waals surface area contributed by atoms with Crippen LogP contribution in [0.4, 0.5) is 11.4 Å². The highest BCUT2D eigenvalue weighted by molar-refractivity contribution is 6.03. The van der Waals surface area contributed by atoms with Gasteiger partial charge in [0.1, 0.15) is 6.54 Å². The number of benzene rings is 2. The van der Waals surface area contributed by atoms with Crippen LogP contribution >= 0.6 is 0 Å². The molecule has 0 radical (unpaired) electrons. The van der Waals surface area contributed by atoms with E-state index in [4.69, 9.17) is 4.42 Å². The van der Waals surface area contributed by atoms with Crippen LogP contribution in [0.3, 0.4) is 0 Å². The van der Waals surface area contributed by atoms with Gasteiger partial charge in [0.25, 0.3) is 11.6 Å². The fourth-order valence-electron chi connectivity index (χ4n) is 2.78. The fourth-order valence-corrected chi connectivity index (χ4v) is 2.78. The van der Waals surface area contributed by atoms with Crippen molar-refractivity contribution in [1.29, 1.82) is 0 Å². The Morgan fingerprint density at radius 2 is 1.93 bits per heavy atom. The van der Waals surface area contributed by atoms with Gasteiger partial charge in [-0.25, -0.2) is 4.79 Å². The summed E-state index contributed by atoms with van der Waals surface area (Å²) >= 11 is 0. The average molecular weight is 398 g/mol. The van der Waals surface area contributed by atoms with E-state index in [0.29, 0.717) is 5.69 Å². The van der Waals surface area contributed by atoms with Crippen molar-refractivity contribution in [3.05, 3.63) is 68.7 Å². The van der Waals surface area contributed by atoms with Gasteiger partial charge < -0.3 is 15.1 Å². The first-order chi connectivity index (χ1) is 13.8. The maximum absolute atomic E-state index is 12.5. The van der Waals surface area contributed by atoms with Crippen LogP contribution < -0.4 is 16.4 Å². The molecule has 0 aliphatic rings. The van der Waals surface area contributed by atoms with E-state index in [-0.39, 0.29) is 40.8 Å². The standard InChI is InChI=1S/C19H18N4O6/c1-11(2)20-18(25)13-5-3-4-6-14(13)21-17(24)10-22-15-8-7-12(23(27)28)9-16(15)29-19(22)26/h3-9,11H,10H2,1-2H3,(H,20,25)(H,21,24). The number of nitrogens with zero attached hydrogens (tertiary/aromatic N) is 2. The molecule has 2 N–H and O–H groups in total. The summed E-state index contributed by atoms with van der Waals surface area (Å²) in [7, 11) is 0. The monoisotopic (exact) mass is 398 g/mol. The summed E-state index contributed by atoms with van der Waals surface area (Å²) in [5.74, 6) is -1.71. The van der Waals surface area contributed by atoms with Crippen molar-refractivity contribution < 1.29 is 18.9 Å². The molecule has 3 rings (SSSR count). The molecule has 0 saturated carbocycles. The number of nitro groups is 1. The zero-order chi connectivity index (χ0) is 21.1. The Kier molecular flexibility index (Phi) is 5.44. The number of carbonyl (C=O) groups is 2. The van der Waals surface area contributed by atoms with Gasteiger partial charge in [-0.15, -0.1) is 0 Å². The molecule has 29 heavy (non-hydrogen) atoms. The van der Waals surface area contributed by atoms with Crippen molar-refractivity contribution in [2.24, 2.45) is 0 Å². The largest absolute Gasteiger partial charge is 0.420 e. The van der Waals surface area contributed by atoms with Crippen LogP contribution in [0.15, 0.2) is 51.7 Å². The molecule has 0 saturated heterocycles. The number of oxazole rings is 1. The number of hydrogen-bond donors (Lipinski definition) is 2. The molecule has 0 bridgehead atoms. The highest BCUT2D eigenvalue weighted by Crippen LogP contribution is 2.20. The van der Waals surface area contributed by atoms with E-state index in [1.807, 2.05) is 13.8 Å². The highest BCUT2D eigenvalue weighted by Gasteiger charge is 2.18. The van der Waals surface area contributed by atoms with Crippen molar-refractivity contribution in [1.82, 2.24) is 9.88 Å². The van der Waals surface area contributed by atoms with E-state index in [1.54, 1.807) is 24.3 Å². The summed E-state index contributed by atoms with van der Waals surface area (Å²) in [6, 6.07) is 10.1. The van der Waals surface area contributed by atoms with E-state index >= 15 is 0 Å². The second kappa shape index (κ2) is 7.97. The van der Waals surface area contributed by atoms with Crippen LogP contribution in [0, 0.1) is 10.1 Å². The summed E-state index contributed by atoms with van der Waals surface area (Å²) in [5, 5.41) is 16.2. The molecule has 3 aromatic rings. The Labute approximate surface area is 164 Å². The lowest BCUT2D eigenvalue weighted by molar-refractivity contribution is -0.384. The molecule has 2 aromatic carbocycles. The van der Waals surface area contributed by atoms with E-state index in [2.05, 4.69) is 10.6 Å². The summed E-state index contributed by atoms with van der Waals surface area (Å²) in [5.41, 5.74) is 0.616. The number of anilines is 1. The first-order valence-corrected chi connectivity index (χ1v) is 8.74. The third-order valence-corrected chi connectivity index (χ3v) is 4.03. The zero-order valence-corrected chi connectivity index (χ0v) is 15.7. The number of fused-ring (bicyclic) bond motifs is 1. The summed E-state index contributed by atoms with van der Waals surface area (Å²) in [6.45, 7) is 3.25. The lowest BCUT2D eigenvalue weighted by atomic mass is 10.1. The third kappa shape index (κ3) is 4.32. The van der Waals surface area contributed by atoms with E-state index < -0.39 is 16.6 Å². The summed E-state index contributed by atoms with van der Waals surface area (Å²) in [4.78, 5) is 47.1. The van der Waals surface area contributed by atoms with Crippen molar-refractivity contribution in [2.75, 3.05) is 5.32 Å². The minimum absolute atomic E-state index is 0.00807. The first kappa shape index (κ1) is 19.8. The lowest BCUT2D eigenvalue weighted by Gasteiger charge is -2.13. The maximum Gasteiger partial charge on any atom is 0.420 e. The first-order valence-electron chi connectivity index (χ1n) is 8.74. The van der Waals surface area contributed by atoms with Gasteiger partial charge in [-0.3, -0.25) is 24.3 Å².